The van der Waals surface area contributed by atoms with Gasteiger partial charge in [-0.15, -0.1) is 11.8 Å². The Morgan fingerprint density at radius 2 is 1.77 bits per heavy atom. The van der Waals surface area contributed by atoms with Crippen LogP contribution in [0.15, 0.2) is 77.7 Å². The summed E-state index contributed by atoms with van der Waals surface area (Å²) in [6.45, 7) is 0.215. The maximum absolute atomic E-state index is 13.3. The molecule has 0 fully saturated rings. The summed E-state index contributed by atoms with van der Waals surface area (Å²) in [5, 5.41) is 3.86. The van der Waals surface area contributed by atoms with Gasteiger partial charge in [0.2, 0.25) is 6.79 Å². The van der Waals surface area contributed by atoms with E-state index in [1.165, 1.54) is 0 Å². The highest BCUT2D eigenvalue weighted by atomic mass is 32.2. The molecule has 0 atom stereocenters. The van der Waals surface area contributed by atoms with Crippen LogP contribution in [0.4, 0.5) is 5.69 Å². The van der Waals surface area contributed by atoms with Gasteiger partial charge in [-0.05, 0) is 48.7 Å². The first kappa shape index (κ1) is 18.5. The standard InChI is InChI=1S/C24H18N2O3S/c1-30-23-9-5-4-8-19(23)26-24(27)17-13-20(25-18-7-3-2-6-16(17)18)15-10-11-21-22(12-15)29-14-28-21/h2-13H,14H2,1H3,(H,26,27). The Morgan fingerprint density at radius 3 is 2.67 bits per heavy atom. The van der Waals surface area contributed by atoms with E-state index in [0.717, 1.165) is 27.0 Å². The molecule has 30 heavy (non-hydrogen) atoms. The number of fused-ring (bicyclic) bond motifs is 2. The molecule has 0 radical (unpaired) electrons. The SMILES string of the molecule is CSc1ccccc1NC(=O)c1cc(-c2ccc3c(c2)OCO3)nc2ccccc12. The third-order valence-electron chi connectivity index (χ3n) is 4.98. The quantitative estimate of drug-likeness (QED) is 0.440. The molecule has 0 spiro atoms. The van der Waals surface area contributed by atoms with Crippen LogP contribution in [0.25, 0.3) is 22.2 Å². The monoisotopic (exact) mass is 414 g/mol. The summed E-state index contributed by atoms with van der Waals surface area (Å²) in [4.78, 5) is 19.1. The van der Waals surface area contributed by atoms with E-state index in [1.54, 1.807) is 11.8 Å². The van der Waals surface area contributed by atoms with Crippen LogP contribution in [-0.2, 0) is 0 Å². The number of carbonyl (C=O) groups is 1. The van der Waals surface area contributed by atoms with Crippen molar-refractivity contribution in [2.24, 2.45) is 0 Å². The second-order valence-corrected chi connectivity index (χ2v) is 7.64. The largest absolute Gasteiger partial charge is 0.454 e. The van der Waals surface area contributed by atoms with Crippen LogP contribution in [0.2, 0.25) is 0 Å². The van der Waals surface area contributed by atoms with Gasteiger partial charge in [0, 0.05) is 15.8 Å². The van der Waals surface area contributed by atoms with Crippen LogP contribution in [-0.4, -0.2) is 23.9 Å². The number of ether oxygens (including phenoxy) is 2. The molecule has 0 bridgehead atoms. The molecule has 0 unspecified atom stereocenters. The maximum atomic E-state index is 13.3. The van der Waals surface area contributed by atoms with E-state index < -0.39 is 0 Å². The van der Waals surface area contributed by atoms with Gasteiger partial charge in [0.1, 0.15) is 0 Å². The molecule has 1 amide bonds. The zero-order chi connectivity index (χ0) is 20.5. The first-order valence-electron chi connectivity index (χ1n) is 9.47. The Morgan fingerprint density at radius 1 is 0.967 bits per heavy atom. The summed E-state index contributed by atoms with van der Waals surface area (Å²) in [6, 6.07) is 23.0. The van der Waals surface area contributed by atoms with Crippen molar-refractivity contribution in [3.05, 3.63) is 78.4 Å². The Bertz CT molecular complexity index is 1270. The van der Waals surface area contributed by atoms with Gasteiger partial charge in [-0.2, -0.15) is 0 Å². The molecule has 0 aliphatic carbocycles. The number of amides is 1. The number of thioether (sulfide) groups is 1. The van der Waals surface area contributed by atoms with Crippen molar-refractivity contribution >= 4 is 34.3 Å². The van der Waals surface area contributed by atoms with Gasteiger partial charge in [-0.25, -0.2) is 4.98 Å². The summed E-state index contributed by atoms with van der Waals surface area (Å²) >= 11 is 1.59. The molecule has 148 valence electrons. The lowest BCUT2D eigenvalue weighted by atomic mass is 10.0. The van der Waals surface area contributed by atoms with Crippen molar-refractivity contribution < 1.29 is 14.3 Å². The number of carbonyl (C=O) groups excluding carboxylic acids is 1. The number of nitrogens with zero attached hydrogens (tertiary/aromatic N) is 1. The van der Waals surface area contributed by atoms with Crippen LogP contribution in [0.1, 0.15) is 10.4 Å². The molecule has 5 nitrogen and oxygen atoms in total. The minimum atomic E-state index is -0.169. The molecule has 3 aromatic carbocycles. The van der Waals surface area contributed by atoms with E-state index in [4.69, 9.17) is 14.5 Å². The number of pyridine rings is 1. The number of rotatable bonds is 4. The average Bonchev–Trinajstić information content (AvgIpc) is 3.26. The third kappa shape index (κ3) is 3.35. The molecule has 1 aromatic heterocycles. The summed E-state index contributed by atoms with van der Waals surface area (Å²) in [6.07, 6.45) is 1.99. The summed E-state index contributed by atoms with van der Waals surface area (Å²) in [5.41, 5.74) is 3.69. The number of benzene rings is 3. The van der Waals surface area contributed by atoms with Gasteiger partial charge in [0.05, 0.1) is 22.5 Å². The van der Waals surface area contributed by atoms with Crippen molar-refractivity contribution in [1.82, 2.24) is 4.98 Å². The highest BCUT2D eigenvalue weighted by Crippen LogP contribution is 2.36. The van der Waals surface area contributed by atoms with Crippen molar-refractivity contribution in [3.8, 4) is 22.8 Å². The second-order valence-electron chi connectivity index (χ2n) is 6.79. The van der Waals surface area contributed by atoms with Crippen LogP contribution in [0.5, 0.6) is 11.5 Å². The van der Waals surface area contributed by atoms with E-state index in [2.05, 4.69) is 5.32 Å². The summed E-state index contributed by atoms with van der Waals surface area (Å²) in [7, 11) is 0. The van der Waals surface area contributed by atoms with Crippen molar-refractivity contribution in [2.45, 2.75) is 4.90 Å². The topological polar surface area (TPSA) is 60.5 Å². The third-order valence-corrected chi connectivity index (χ3v) is 5.78. The zero-order valence-corrected chi connectivity index (χ0v) is 17.0. The molecule has 4 aromatic rings. The highest BCUT2D eigenvalue weighted by molar-refractivity contribution is 7.98. The fourth-order valence-electron chi connectivity index (χ4n) is 3.50. The lowest BCUT2D eigenvalue weighted by Crippen LogP contribution is -2.13. The Balaban J connectivity index is 1.60. The van der Waals surface area contributed by atoms with E-state index in [-0.39, 0.29) is 12.7 Å². The molecular weight excluding hydrogens is 396 g/mol. The molecule has 0 saturated heterocycles. The molecule has 5 rings (SSSR count). The van der Waals surface area contributed by atoms with E-state index in [9.17, 15) is 4.79 Å². The second kappa shape index (κ2) is 7.72. The number of para-hydroxylation sites is 2. The Kier molecular flexibility index (Phi) is 4.77. The molecule has 1 N–H and O–H groups in total. The smallest absolute Gasteiger partial charge is 0.256 e. The fraction of sp³-hybridized carbons (Fsp3) is 0.0833. The van der Waals surface area contributed by atoms with Crippen LogP contribution >= 0.6 is 11.8 Å². The lowest BCUT2D eigenvalue weighted by Gasteiger charge is -2.12. The fourth-order valence-corrected chi connectivity index (χ4v) is 4.06. The molecule has 1 aliphatic heterocycles. The summed E-state index contributed by atoms with van der Waals surface area (Å²) in [5.74, 6) is 1.23. The Hall–Kier alpha value is -3.51. The van der Waals surface area contributed by atoms with E-state index in [0.29, 0.717) is 22.8 Å². The van der Waals surface area contributed by atoms with Crippen LogP contribution < -0.4 is 14.8 Å². The number of hydrogen-bond acceptors (Lipinski definition) is 5. The number of hydrogen-bond donors (Lipinski definition) is 1. The van der Waals surface area contributed by atoms with E-state index in [1.807, 2.05) is 79.1 Å². The van der Waals surface area contributed by atoms with Crippen LogP contribution in [0.3, 0.4) is 0 Å². The highest BCUT2D eigenvalue weighted by Gasteiger charge is 2.18. The number of aromatic nitrogens is 1. The van der Waals surface area contributed by atoms with Gasteiger partial charge in [0.25, 0.3) is 5.91 Å². The van der Waals surface area contributed by atoms with E-state index >= 15 is 0 Å². The lowest BCUT2D eigenvalue weighted by molar-refractivity contribution is 0.102. The van der Waals surface area contributed by atoms with Gasteiger partial charge in [-0.1, -0.05) is 30.3 Å². The van der Waals surface area contributed by atoms with Crippen molar-refractivity contribution in [2.75, 3.05) is 18.4 Å². The predicted octanol–water partition coefficient (Wildman–Crippen LogP) is 5.60. The first-order valence-corrected chi connectivity index (χ1v) is 10.7. The normalized spacial score (nSPS) is 12.2. The molecule has 6 heteroatoms. The van der Waals surface area contributed by atoms with Gasteiger partial charge in [-0.3, -0.25) is 4.79 Å². The predicted molar refractivity (Wildman–Crippen MR) is 119 cm³/mol. The Labute approximate surface area is 178 Å². The van der Waals surface area contributed by atoms with Crippen molar-refractivity contribution in [1.29, 1.82) is 0 Å². The van der Waals surface area contributed by atoms with Gasteiger partial charge >= 0.3 is 0 Å². The summed E-state index contributed by atoms with van der Waals surface area (Å²) < 4.78 is 10.9. The first-order chi connectivity index (χ1) is 14.7. The number of nitrogens with one attached hydrogen (secondary N) is 1. The average molecular weight is 414 g/mol. The zero-order valence-electron chi connectivity index (χ0n) is 16.2. The molecular formula is C24H18N2O3S. The molecule has 0 saturated carbocycles. The number of anilines is 1. The minimum Gasteiger partial charge on any atom is -0.454 e. The van der Waals surface area contributed by atoms with Gasteiger partial charge < -0.3 is 14.8 Å². The maximum Gasteiger partial charge on any atom is 0.256 e. The minimum absolute atomic E-state index is 0.169. The molecule has 2 heterocycles. The van der Waals surface area contributed by atoms with Crippen molar-refractivity contribution in [3.63, 3.8) is 0 Å². The molecule has 1 aliphatic rings. The van der Waals surface area contributed by atoms with Gasteiger partial charge in [0.15, 0.2) is 11.5 Å². The van der Waals surface area contributed by atoms with Crippen LogP contribution in [0, 0.1) is 0 Å².